The van der Waals surface area contributed by atoms with E-state index in [4.69, 9.17) is 8.83 Å². The second kappa shape index (κ2) is 17.8. The number of aryl methyl sites for hydroxylation is 2. The van der Waals surface area contributed by atoms with Crippen molar-refractivity contribution in [2.75, 3.05) is 9.80 Å². The topological polar surface area (TPSA) is 32.8 Å². The van der Waals surface area contributed by atoms with Gasteiger partial charge in [-0.15, -0.1) is 0 Å². The van der Waals surface area contributed by atoms with Crippen molar-refractivity contribution in [1.82, 2.24) is 0 Å². The third-order valence-corrected chi connectivity index (χ3v) is 16.0. The van der Waals surface area contributed by atoms with E-state index in [1.54, 1.807) is 0 Å². The highest BCUT2D eigenvalue weighted by molar-refractivity contribution is 6.30. The minimum atomic E-state index is 0.209. The molecular weight excluding hydrogens is 925 g/mol. The van der Waals surface area contributed by atoms with E-state index in [1.165, 1.54) is 76.8 Å². The van der Waals surface area contributed by atoms with Gasteiger partial charge in [-0.1, -0.05) is 185 Å². The minimum Gasteiger partial charge on any atom is -0.454 e. The molecule has 0 saturated carbocycles. The first-order chi connectivity index (χ1) is 37.2. The van der Waals surface area contributed by atoms with Crippen LogP contribution in [0.15, 0.2) is 227 Å². The molecule has 2 heterocycles. The molecule has 14 aromatic rings. The van der Waals surface area contributed by atoms with Crippen LogP contribution in [0.3, 0.4) is 0 Å². The molecule has 4 heteroatoms. The highest BCUT2D eigenvalue weighted by Gasteiger charge is 2.29. The summed E-state index contributed by atoms with van der Waals surface area (Å²) < 4.78 is 13.9. The highest BCUT2D eigenvalue weighted by atomic mass is 16.3. The lowest BCUT2D eigenvalue weighted by atomic mass is 9.84. The number of fused-ring (bicyclic) bond motifs is 6. The molecule has 0 aliphatic carbocycles. The van der Waals surface area contributed by atoms with Crippen LogP contribution in [0.1, 0.15) is 61.8 Å². The van der Waals surface area contributed by atoms with Gasteiger partial charge in [-0.3, -0.25) is 0 Å². The normalized spacial score (nSPS) is 12.1. The Morgan fingerprint density at radius 2 is 0.697 bits per heavy atom. The van der Waals surface area contributed by atoms with Crippen molar-refractivity contribution < 1.29 is 8.83 Å². The Labute approximate surface area is 443 Å². The van der Waals surface area contributed by atoms with Crippen molar-refractivity contribution >= 4 is 110 Å². The van der Waals surface area contributed by atoms with Crippen LogP contribution in [0.5, 0.6) is 0 Å². The molecule has 76 heavy (non-hydrogen) atoms. The molecule has 0 atom stereocenters. The molecule has 0 saturated heterocycles. The van der Waals surface area contributed by atoms with Gasteiger partial charge >= 0.3 is 0 Å². The molecule has 0 unspecified atom stereocenters. The van der Waals surface area contributed by atoms with Crippen LogP contribution in [-0.2, 0) is 0 Å². The Bertz CT molecular complexity index is 4270. The largest absolute Gasteiger partial charge is 0.454 e. The first kappa shape index (κ1) is 45.5. The fourth-order valence-corrected chi connectivity index (χ4v) is 12.3. The zero-order valence-electron chi connectivity index (χ0n) is 43.7. The summed E-state index contributed by atoms with van der Waals surface area (Å²) in [5.74, 6) is 0.417. The lowest BCUT2D eigenvalue weighted by molar-refractivity contribution is 0.668. The smallest absolute Gasteiger partial charge is 0.159 e. The number of hydrogen-bond acceptors (Lipinski definition) is 4. The van der Waals surface area contributed by atoms with Gasteiger partial charge < -0.3 is 18.6 Å². The molecule has 14 rings (SSSR count). The predicted molar refractivity (Wildman–Crippen MR) is 323 cm³/mol. The summed E-state index contributed by atoms with van der Waals surface area (Å²) in [5.41, 5.74) is 19.5. The van der Waals surface area contributed by atoms with Crippen molar-refractivity contribution in [3.63, 3.8) is 0 Å². The fourth-order valence-electron chi connectivity index (χ4n) is 12.3. The molecule has 0 spiro atoms. The van der Waals surface area contributed by atoms with Crippen LogP contribution in [0.25, 0.3) is 98.4 Å². The molecule has 0 N–H and O–H groups in total. The molecule has 366 valence electrons. The van der Waals surface area contributed by atoms with Gasteiger partial charge in [0.15, 0.2) is 11.2 Å². The Morgan fingerprint density at radius 3 is 1.12 bits per heavy atom. The maximum atomic E-state index is 6.96. The van der Waals surface area contributed by atoms with Gasteiger partial charge in [0.2, 0.25) is 0 Å². The van der Waals surface area contributed by atoms with Crippen LogP contribution in [0.4, 0.5) is 34.1 Å². The van der Waals surface area contributed by atoms with E-state index in [0.717, 1.165) is 78.0 Å². The van der Waals surface area contributed by atoms with Crippen LogP contribution < -0.4 is 9.80 Å². The van der Waals surface area contributed by atoms with E-state index in [-0.39, 0.29) is 11.8 Å². The van der Waals surface area contributed by atoms with Crippen LogP contribution in [-0.4, -0.2) is 0 Å². The van der Waals surface area contributed by atoms with Gasteiger partial charge in [0.25, 0.3) is 0 Å². The first-order valence-corrected chi connectivity index (χ1v) is 26.7. The van der Waals surface area contributed by atoms with Crippen molar-refractivity contribution in [3.8, 4) is 22.3 Å². The maximum absolute atomic E-state index is 6.96. The monoisotopic (exact) mass is 980 g/mol. The number of benzene rings is 12. The molecule has 0 radical (unpaired) electrons. The van der Waals surface area contributed by atoms with Gasteiger partial charge in [0.1, 0.15) is 11.2 Å². The van der Waals surface area contributed by atoms with Crippen molar-refractivity contribution in [3.05, 3.63) is 241 Å². The van der Waals surface area contributed by atoms with Crippen LogP contribution >= 0.6 is 0 Å². The molecule has 2 aromatic heterocycles. The van der Waals surface area contributed by atoms with Crippen LogP contribution in [0, 0.1) is 13.8 Å². The predicted octanol–water partition coefficient (Wildman–Crippen LogP) is 21.5. The number of anilines is 6. The molecule has 4 nitrogen and oxygen atoms in total. The molecule has 0 bridgehead atoms. The number of para-hydroxylation sites is 4. The molecular formula is C72H56N2O2. The summed E-state index contributed by atoms with van der Waals surface area (Å²) in [6.07, 6.45) is 0. The van der Waals surface area contributed by atoms with Gasteiger partial charge in [-0.2, -0.15) is 0 Å². The Kier molecular flexibility index (Phi) is 10.6. The molecule has 0 fully saturated rings. The minimum absolute atomic E-state index is 0.209. The van der Waals surface area contributed by atoms with E-state index in [2.05, 4.69) is 270 Å². The summed E-state index contributed by atoms with van der Waals surface area (Å²) in [7, 11) is 0. The van der Waals surface area contributed by atoms with E-state index in [0.29, 0.717) is 0 Å². The van der Waals surface area contributed by atoms with Crippen molar-refractivity contribution in [2.45, 2.75) is 53.4 Å². The Morgan fingerprint density at radius 1 is 0.316 bits per heavy atom. The maximum Gasteiger partial charge on any atom is 0.159 e. The average Bonchev–Trinajstić information content (AvgIpc) is 4.05. The van der Waals surface area contributed by atoms with E-state index in [9.17, 15) is 0 Å². The quantitative estimate of drug-likeness (QED) is 0.128. The lowest BCUT2D eigenvalue weighted by Gasteiger charge is -2.32. The van der Waals surface area contributed by atoms with Crippen molar-refractivity contribution in [2.24, 2.45) is 0 Å². The molecule has 0 amide bonds. The second-order valence-electron chi connectivity index (χ2n) is 21.3. The Balaban J connectivity index is 1.10. The number of rotatable bonds is 10. The zero-order valence-corrected chi connectivity index (χ0v) is 43.7. The summed E-state index contributed by atoms with van der Waals surface area (Å²) in [6.45, 7) is 13.8. The summed E-state index contributed by atoms with van der Waals surface area (Å²) >= 11 is 0. The number of furan rings is 2. The highest BCUT2D eigenvalue weighted by Crippen LogP contribution is 2.53. The van der Waals surface area contributed by atoms with Gasteiger partial charge in [-0.05, 0) is 152 Å². The SMILES string of the molecule is Cc1ccc(N(c2cc(C(C)C)c3ccc4c(N(c5ccc(C)c(-c6ccccc6)c5)c5cccc6c5oc5ccccc56)cc(C(C)C)c5ccc2c3c54)c2cccc3c2oc2ccccc23)cc1-c1ccccc1. The average molecular weight is 981 g/mol. The number of hydrogen-bond donors (Lipinski definition) is 0. The molecule has 0 aliphatic rings. The van der Waals surface area contributed by atoms with Gasteiger partial charge in [0, 0.05) is 43.7 Å². The fraction of sp³-hybridized carbons (Fsp3) is 0.111. The summed E-state index contributed by atoms with van der Waals surface area (Å²) in [6, 6.07) is 80.0. The second-order valence-corrected chi connectivity index (χ2v) is 21.3. The van der Waals surface area contributed by atoms with Crippen molar-refractivity contribution in [1.29, 1.82) is 0 Å². The molecule has 0 aliphatic heterocycles. The van der Waals surface area contributed by atoms with E-state index >= 15 is 0 Å². The molecule has 12 aromatic carbocycles. The lowest BCUT2D eigenvalue weighted by Crippen LogP contribution is -2.13. The van der Waals surface area contributed by atoms with E-state index in [1.807, 2.05) is 0 Å². The first-order valence-electron chi connectivity index (χ1n) is 26.7. The Hall–Kier alpha value is -9.12. The summed E-state index contributed by atoms with van der Waals surface area (Å²) in [5, 5.41) is 11.8. The van der Waals surface area contributed by atoms with Gasteiger partial charge in [-0.25, -0.2) is 0 Å². The number of nitrogens with zero attached hydrogens (tertiary/aromatic N) is 2. The summed E-state index contributed by atoms with van der Waals surface area (Å²) in [4.78, 5) is 4.95. The zero-order chi connectivity index (χ0) is 51.3. The van der Waals surface area contributed by atoms with Crippen LogP contribution in [0.2, 0.25) is 0 Å². The van der Waals surface area contributed by atoms with Gasteiger partial charge in [0.05, 0.1) is 22.7 Å². The van der Waals surface area contributed by atoms with E-state index < -0.39 is 0 Å². The standard InChI is InChI=1S/C72H56N2O2/c1-43(2)59-41-65(73(49-33-31-45(5)61(39-49)47-19-9-7-10-20-47)63-27-17-25-55-51-23-13-15-29-67(51)75-71(55)63)57-38-36-54-60(44(3)4)42-66(58-37-35-53(59)69(57)70(54)58)74(50-34-32-46(6)62(40-50)48-21-11-8-12-22-48)64-28-18-26-56-52-24-14-16-30-68(52)76-72(56)64/h7-44H,1-6H3. The third-order valence-electron chi connectivity index (χ3n) is 16.0. The third kappa shape index (κ3) is 7.12.